The summed E-state index contributed by atoms with van der Waals surface area (Å²) in [4.78, 5) is 11.7. The number of anilines is 3. The summed E-state index contributed by atoms with van der Waals surface area (Å²) in [7, 11) is 0. The largest absolute Gasteiger partial charge is 0.507 e. The Kier molecular flexibility index (Phi) is 8.49. The van der Waals surface area contributed by atoms with E-state index in [1.54, 1.807) is 12.3 Å². The van der Waals surface area contributed by atoms with E-state index in [-0.39, 0.29) is 26.8 Å². The predicted octanol–water partition coefficient (Wildman–Crippen LogP) is 8.37. The van der Waals surface area contributed by atoms with Crippen LogP contribution in [-0.2, 0) is 27.5 Å². The summed E-state index contributed by atoms with van der Waals surface area (Å²) in [6.07, 6.45) is 2.49. The van der Waals surface area contributed by atoms with Gasteiger partial charge in [0.2, 0.25) is 0 Å². The van der Waals surface area contributed by atoms with Crippen molar-refractivity contribution in [3.05, 3.63) is 157 Å². The molecule has 0 saturated heterocycles. The van der Waals surface area contributed by atoms with Crippen molar-refractivity contribution >= 4 is 17.2 Å². The zero-order chi connectivity index (χ0) is 26.4. The van der Waals surface area contributed by atoms with E-state index in [9.17, 15) is 5.11 Å². The van der Waals surface area contributed by atoms with Crippen molar-refractivity contribution in [2.24, 2.45) is 0 Å². The Labute approximate surface area is 248 Å². The van der Waals surface area contributed by atoms with Crippen LogP contribution in [0.15, 0.2) is 140 Å². The zero-order valence-corrected chi connectivity index (χ0v) is 23.9. The van der Waals surface area contributed by atoms with Gasteiger partial charge in [-0.1, -0.05) is 78.9 Å². The topological polar surface area (TPSA) is 49.2 Å². The standard InChI is InChI=1S/C35H26N3O.Pt/c39-33-21-10-15-28(24-26-12-3-1-4-13-26)35(33)32-20-11-19-31(37-32)27-14-9-18-30(25-27)38(29-16-5-2-6-17-29)34-22-7-8-23-36-34;/h1-23,39H,24H2;/q-1;. The molecule has 4 aromatic carbocycles. The monoisotopic (exact) mass is 699 g/mol. The van der Waals surface area contributed by atoms with E-state index < -0.39 is 0 Å². The quantitative estimate of drug-likeness (QED) is 0.170. The third-order valence-corrected chi connectivity index (χ3v) is 6.56. The maximum atomic E-state index is 10.9. The minimum Gasteiger partial charge on any atom is -0.507 e. The molecule has 4 nitrogen and oxygen atoms in total. The van der Waals surface area contributed by atoms with Gasteiger partial charge in [-0.05, 0) is 65.3 Å². The number of hydrogen-bond donors (Lipinski definition) is 1. The van der Waals surface area contributed by atoms with Gasteiger partial charge >= 0.3 is 0 Å². The first-order valence-corrected chi connectivity index (χ1v) is 12.9. The van der Waals surface area contributed by atoms with Gasteiger partial charge in [0.1, 0.15) is 11.6 Å². The summed E-state index contributed by atoms with van der Waals surface area (Å²) < 4.78 is 0. The Hall–Kier alpha value is -4.53. The molecule has 0 spiro atoms. The Morgan fingerprint density at radius 2 is 1.35 bits per heavy atom. The molecule has 0 unspecified atom stereocenters. The van der Waals surface area contributed by atoms with Crippen molar-refractivity contribution in [2.75, 3.05) is 4.90 Å². The van der Waals surface area contributed by atoms with Crippen molar-refractivity contribution in [3.8, 4) is 28.3 Å². The molecule has 0 fully saturated rings. The minimum absolute atomic E-state index is 0. The van der Waals surface area contributed by atoms with Crippen LogP contribution < -0.4 is 4.90 Å². The Balaban J connectivity index is 0.00000323. The van der Waals surface area contributed by atoms with Gasteiger partial charge in [-0.25, -0.2) is 4.98 Å². The number of phenolic OH excluding ortho intramolecular Hbond substituents is 1. The molecular formula is C35H26N3OPt-. The van der Waals surface area contributed by atoms with Crippen molar-refractivity contribution in [1.29, 1.82) is 0 Å². The molecule has 0 aliphatic heterocycles. The summed E-state index contributed by atoms with van der Waals surface area (Å²) in [5, 5.41) is 10.9. The first kappa shape index (κ1) is 27.1. The number of aromatic nitrogens is 2. The van der Waals surface area contributed by atoms with E-state index in [4.69, 9.17) is 4.98 Å². The Bertz CT molecular complexity index is 1650. The molecule has 0 amide bonds. The van der Waals surface area contributed by atoms with Crippen molar-refractivity contribution in [1.82, 2.24) is 9.97 Å². The van der Waals surface area contributed by atoms with Gasteiger partial charge in [-0.3, -0.25) is 4.98 Å². The smallest absolute Gasteiger partial charge is 0.136 e. The number of hydrogen-bond acceptors (Lipinski definition) is 4. The Morgan fingerprint density at radius 3 is 2.12 bits per heavy atom. The van der Waals surface area contributed by atoms with E-state index in [2.05, 4.69) is 40.2 Å². The number of aromatic hydroxyl groups is 1. The number of pyridine rings is 2. The zero-order valence-electron chi connectivity index (χ0n) is 21.6. The summed E-state index contributed by atoms with van der Waals surface area (Å²) >= 11 is 0. The summed E-state index contributed by atoms with van der Waals surface area (Å²) in [5.74, 6) is 1.02. The molecule has 0 radical (unpaired) electrons. The first-order chi connectivity index (χ1) is 19.3. The van der Waals surface area contributed by atoms with Gasteiger partial charge in [0, 0.05) is 38.5 Å². The summed E-state index contributed by atoms with van der Waals surface area (Å²) in [5.41, 5.74) is 7.15. The fourth-order valence-corrected chi connectivity index (χ4v) is 4.76. The van der Waals surface area contributed by atoms with Crippen molar-refractivity contribution < 1.29 is 26.2 Å². The number of rotatable bonds is 7. The van der Waals surface area contributed by atoms with Crippen LogP contribution in [0.1, 0.15) is 11.1 Å². The van der Waals surface area contributed by atoms with Gasteiger partial charge in [0.05, 0.1) is 5.69 Å². The third-order valence-electron chi connectivity index (χ3n) is 6.56. The maximum absolute atomic E-state index is 10.9. The molecule has 5 heteroatoms. The van der Waals surface area contributed by atoms with E-state index >= 15 is 0 Å². The van der Waals surface area contributed by atoms with E-state index in [0.29, 0.717) is 6.42 Å². The minimum atomic E-state index is 0. The second kappa shape index (κ2) is 12.5. The fourth-order valence-electron chi connectivity index (χ4n) is 4.76. The van der Waals surface area contributed by atoms with E-state index in [0.717, 1.165) is 45.3 Å². The number of benzene rings is 4. The van der Waals surface area contributed by atoms with Gasteiger partial charge in [0.25, 0.3) is 0 Å². The fraction of sp³-hybridized carbons (Fsp3) is 0.0286. The van der Waals surface area contributed by atoms with Crippen LogP contribution >= 0.6 is 0 Å². The van der Waals surface area contributed by atoms with Gasteiger partial charge in [0.15, 0.2) is 0 Å². The molecule has 0 atom stereocenters. The molecule has 0 aliphatic rings. The third kappa shape index (κ3) is 5.88. The molecule has 6 rings (SSSR count). The number of phenols is 1. The van der Waals surface area contributed by atoms with Crippen LogP contribution in [-0.4, -0.2) is 15.1 Å². The predicted molar refractivity (Wildman–Crippen MR) is 157 cm³/mol. The maximum Gasteiger partial charge on any atom is 0.136 e. The van der Waals surface area contributed by atoms with Gasteiger partial charge in [-0.2, -0.15) is 0 Å². The molecule has 2 aromatic heterocycles. The average Bonchev–Trinajstić information content (AvgIpc) is 2.99. The van der Waals surface area contributed by atoms with Crippen molar-refractivity contribution in [2.45, 2.75) is 6.42 Å². The molecular weight excluding hydrogens is 673 g/mol. The molecule has 198 valence electrons. The average molecular weight is 700 g/mol. The molecule has 40 heavy (non-hydrogen) atoms. The van der Waals surface area contributed by atoms with Crippen LogP contribution in [0.25, 0.3) is 22.5 Å². The van der Waals surface area contributed by atoms with E-state index in [1.165, 1.54) is 5.56 Å². The first-order valence-electron chi connectivity index (χ1n) is 12.9. The van der Waals surface area contributed by atoms with Crippen LogP contribution in [0.4, 0.5) is 17.2 Å². The molecule has 2 heterocycles. The second-order valence-corrected chi connectivity index (χ2v) is 9.19. The van der Waals surface area contributed by atoms with Crippen LogP contribution in [0.5, 0.6) is 5.75 Å². The number of para-hydroxylation sites is 1. The van der Waals surface area contributed by atoms with E-state index in [1.807, 2.05) is 103 Å². The van der Waals surface area contributed by atoms with Gasteiger partial charge in [-0.15, -0.1) is 29.8 Å². The summed E-state index contributed by atoms with van der Waals surface area (Å²) in [6, 6.07) is 47.4. The Morgan fingerprint density at radius 1 is 0.650 bits per heavy atom. The molecule has 0 aliphatic carbocycles. The number of nitrogens with zero attached hydrogens (tertiary/aromatic N) is 3. The van der Waals surface area contributed by atoms with Crippen molar-refractivity contribution in [3.63, 3.8) is 0 Å². The molecule has 0 bridgehead atoms. The molecule has 6 aromatic rings. The normalized spacial score (nSPS) is 10.5. The molecule has 0 saturated carbocycles. The SMILES string of the molecule is Oc1cccc(Cc2ccccc2)c1-c1cccc(-c2[c-]c(N(c3ccccc3)c3ccccn3)ccc2)n1.[Pt]. The van der Waals surface area contributed by atoms with Crippen LogP contribution in [0.2, 0.25) is 0 Å². The van der Waals surface area contributed by atoms with Crippen LogP contribution in [0.3, 0.4) is 0 Å². The second-order valence-electron chi connectivity index (χ2n) is 9.19. The molecule has 1 N–H and O–H groups in total. The van der Waals surface area contributed by atoms with Gasteiger partial charge < -0.3 is 10.0 Å². The van der Waals surface area contributed by atoms with Crippen LogP contribution in [0, 0.1) is 6.07 Å². The summed E-state index contributed by atoms with van der Waals surface area (Å²) in [6.45, 7) is 0.